The number of anilines is 1. The number of hydroxylamine groups is 2. The molecule has 3 N–H and O–H groups in total. The Balaban J connectivity index is 1.84. The highest BCUT2D eigenvalue weighted by atomic mass is 35.5. The molecule has 0 radical (unpaired) electrons. The molecule has 32 heavy (non-hydrogen) atoms. The first kappa shape index (κ1) is 22.1. The molecule has 1 aromatic carbocycles. The molecule has 4 rings (SSSR count). The maximum Gasteiger partial charge on any atom is 0.362 e. The van der Waals surface area contributed by atoms with Crippen LogP contribution >= 0.6 is 11.6 Å². The van der Waals surface area contributed by atoms with Crippen molar-refractivity contribution in [2.24, 2.45) is 0 Å². The number of nitrogens with two attached hydrogens (primary N) is 1. The Bertz CT molecular complexity index is 1290. The lowest BCUT2D eigenvalue weighted by molar-refractivity contribution is -0.160. The molecule has 0 saturated carbocycles. The molecule has 2 aromatic heterocycles. The zero-order valence-electron chi connectivity index (χ0n) is 16.7. The Morgan fingerprint density at radius 2 is 1.97 bits per heavy atom. The third kappa shape index (κ3) is 3.90. The lowest BCUT2D eigenvalue weighted by Crippen LogP contribution is -2.58. The molecule has 0 aliphatic carbocycles. The summed E-state index contributed by atoms with van der Waals surface area (Å²) in [5.74, 6) is -4.09. The van der Waals surface area contributed by atoms with Gasteiger partial charge in [0.2, 0.25) is 5.43 Å². The summed E-state index contributed by atoms with van der Waals surface area (Å²) in [5.41, 5.74) is 3.20. The lowest BCUT2D eigenvalue weighted by atomic mass is 10.1. The van der Waals surface area contributed by atoms with Gasteiger partial charge in [-0.15, -0.1) is 5.06 Å². The number of hydrogen-bond donors (Lipinski definition) is 2. The van der Waals surface area contributed by atoms with Gasteiger partial charge in [-0.3, -0.25) is 9.36 Å². The summed E-state index contributed by atoms with van der Waals surface area (Å²) in [7, 11) is 0. The number of carbonyl (C=O) groups excluding carboxylic acids is 1. The number of benzene rings is 1. The fraction of sp³-hybridized carbons (Fsp3) is 0.250. The first-order valence-electron chi connectivity index (χ1n) is 9.56. The van der Waals surface area contributed by atoms with Crippen LogP contribution in [0.3, 0.4) is 0 Å². The molecule has 1 fully saturated rings. The van der Waals surface area contributed by atoms with Crippen LogP contribution in [0.2, 0.25) is 5.15 Å². The van der Waals surface area contributed by atoms with E-state index in [2.05, 4.69) is 10.3 Å². The molecule has 3 heterocycles. The van der Waals surface area contributed by atoms with E-state index in [1.54, 1.807) is 0 Å². The number of pyridine rings is 2. The first-order chi connectivity index (χ1) is 15.2. The van der Waals surface area contributed by atoms with Crippen molar-refractivity contribution in [2.75, 3.05) is 25.4 Å². The van der Waals surface area contributed by atoms with Gasteiger partial charge in [0.25, 0.3) is 0 Å². The zero-order chi connectivity index (χ0) is 23.2. The third-order valence-corrected chi connectivity index (χ3v) is 5.25. The van der Waals surface area contributed by atoms with E-state index in [-0.39, 0.29) is 28.5 Å². The number of rotatable bonds is 5. The average Bonchev–Trinajstić information content (AvgIpc) is 2.71. The van der Waals surface area contributed by atoms with Gasteiger partial charge in [0.05, 0.1) is 29.9 Å². The topological polar surface area (TPSA) is 102 Å². The number of nitrogens with one attached hydrogen (secondary N) is 1. The van der Waals surface area contributed by atoms with Crippen molar-refractivity contribution in [1.29, 1.82) is 0 Å². The Hall–Kier alpha value is -3.15. The van der Waals surface area contributed by atoms with Crippen LogP contribution < -0.4 is 16.5 Å². The van der Waals surface area contributed by atoms with Crippen LogP contribution in [-0.4, -0.2) is 46.3 Å². The molecule has 168 valence electrons. The summed E-state index contributed by atoms with van der Waals surface area (Å²) in [6.07, 6.45) is 0.978. The van der Waals surface area contributed by atoms with Crippen LogP contribution in [0.25, 0.3) is 16.7 Å². The molecule has 0 bridgehead atoms. The van der Waals surface area contributed by atoms with E-state index >= 15 is 0 Å². The molecular weight excluding hydrogens is 451 g/mol. The van der Waals surface area contributed by atoms with Crippen LogP contribution in [0, 0.1) is 17.5 Å². The van der Waals surface area contributed by atoms with Crippen LogP contribution in [0.1, 0.15) is 17.3 Å². The van der Waals surface area contributed by atoms with E-state index in [4.69, 9.17) is 22.2 Å². The molecule has 1 saturated heterocycles. The van der Waals surface area contributed by atoms with Gasteiger partial charge in [0.15, 0.2) is 16.6 Å². The van der Waals surface area contributed by atoms with E-state index in [9.17, 15) is 22.8 Å². The maximum absolute atomic E-state index is 14.6. The fourth-order valence-electron chi connectivity index (χ4n) is 3.37. The Morgan fingerprint density at radius 1 is 1.25 bits per heavy atom. The third-order valence-electron chi connectivity index (χ3n) is 4.99. The van der Waals surface area contributed by atoms with E-state index in [1.165, 1.54) is 5.06 Å². The minimum Gasteiger partial charge on any atom is -0.396 e. The summed E-state index contributed by atoms with van der Waals surface area (Å²) in [6, 6.07) is 2.42. The molecule has 8 nitrogen and oxygen atoms in total. The fourth-order valence-corrected chi connectivity index (χ4v) is 3.50. The van der Waals surface area contributed by atoms with Gasteiger partial charge in [-0.2, -0.15) is 0 Å². The molecule has 0 amide bonds. The largest absolute Gasteiger partial charge is 0.396 e. The highest BCUT2D eigenvalue weighted by Crippen LogP contribution is 2.25. The van der Waals surface area contributed by atoms with Crippen LogP contribution in [0.5, 0.6) is 0 Å². The number of aromatic nitrogens is 2. The number of likely N-dealkylation sites (N-methyl/N-ethyl adjacent to an activating group) is 1. The highest BCUT2D eigenvalue weighted by molar-refractivity contribution is 6.29. The van der Waals surface area contributed by atoms with E-state index in [0.717, 1.165) is 29.4 Å². The Kier molecular flexibility index (Phi) is 5.80. The quantitative estimate of drug-likeness (QED) is 0.439. The summed E-state index contributed by atoms with van der Waals surface area (Å²) in [4.78, 5) is 34.6. The van der Waals surface area contributed by atoms with Gasteiger partial charge in [-0.1, -0.05) is 18.5 Å². The van der Waals surface area contributed by atoms with Crippen molar-refractivity contribution in [1.82, 2.24) is 19.9 Å². The molecule has 0 atom stereocenters. The van der Waals surface area contributed by atoms with E-state index in [0.29, 0.717) is 19.2 Å². The molecule has 0 spiro atoms. The van der Waals surface area contributed by atoms with Gasteiger partial charge in [-0.25, -0.2) is 22.9 Å². The van der Waals surface area contributed by atoms with Crippen LogP contribution in [0.15, 0.2) is 29.2 Å². The summed E-state index contributed by atoms with van der Waals surface area (Å²) in [6.45, 7) is 3.51. The highest BCUT2D eigenvalue weighted by Gasteiger charge is 2.31. The molecule has 12 heteroatoms. The molecule has 3 aromatic rings. The minimum absolute atomic E-state index is 0.137. The normalized spacial score (nSPS) is 14.5. The van der Waals surface area contributed by atoms with Crippen molar-refractivity contribution in [3.05, 3.63) is 62.8 Å². The Morgan fingerprint density at radius 3 is 2.66 bits per heavy atom. The molecular formula is C20H17ClF3N5O3. The summed E-state index contributed by atoms with van der Waals surface area (Å²) in [5, 5.41) is 3.59. The number of fused-ring (bicyclic) bond motifs is 1. The predicted molar refractivity (Wildman–Crippen MR) is 111 cm³/mol. The number of nitrogen functional groups attached to an aromatic ring is 1. The molecule has 1 aliphatic rings. The smallest absolute Gasteiger partial charge is 0.362 e. The number of hydrogen-bond acceptors (Lipinski definition) is 7. The second-order valence-electron chi connectivity index (χ2n) is 7.18. The van der Waals surface area contributed by atoms with Crippen molar-refractivity contribution in [3.63, 3.8) is 0 Å². The van der Waals surface area contributed by atoms with Gasteiger partial charge >= 0.3 is 5.97 Å². The standard InChI is InChI=1S/C20H17ClF3N5O3/c1-2-26-9-6-28(7-9)32-20(31)11-8-29(16-5-15(25)12(22)4-13(16)23)19-10(17(11)30)3-14(24)18(21)27-19/h3-5,8-9,26H,2,6-7,25H2,1H3. The second kappa shape index (κ2) is 8.41. The van der Waals surface area contributed by atoms with Crippen LogP contribution in [-0.2, 0) is 4.84 Å². The summed E-state index contributed by atoms with van der Waals surface area (Å²) >= 11 is 5.75. The lowest BCUT2D eigenvalue weighted by Gasteiger charge is -2.37. The van der Waals surface area contributed by atoms with Crippen molar-refractivity contribution in [3.8, 4) is 5.69 Å². The van der Waals surface area contributed by atoms with Crippen molar-refractivity contribution >= 4 is 34.3 Å². The van der Waals surface area contributed by atoms with Gasteiger partial charge in [0.1, 0.15) is 17.2 Å². The number of nitrogens with zero attached hydrogens (tertiary/aromatic N) is 3. The molecule has 1 aliphatic heterocycles. The van der Waals surface area contributed by atoms with Gasteiger partial charge in [-0.05, 0) is 18.7 Å². The number of halogens is 4. The van der Waals surface area contributed by atoms with E-state index in [1.807, 2.05) is 6.92 Å². The second-order valence-corrected chi connectivity index (χ2v) is 7.54. The minimum atomic E-state index is -1.06. The van der Waals surface area contributed by atoms with Crippen molar-refractivity contribution in [2.45, 2.75) is 13.0 Å². The summed E-state index contributed by atoms with van der Waals surface area (Å²) < 4.78 is 43.3. The van der Waals surface area contributed by atoms with Crippen molar-refractivity contribution < 1.29 is 22.8 Å². The van der Waals surface area contributed by atoms with Gasteiger partial charge < -0.3 is 15.9 Å². The monoisotopic (exact) mass is 467 g/mol. The van der Waals surface area contributed by atoms with E-state index < -0.39 is 39.6 Å². The predicted octanol–water partition coefficient (Wildman–Crippen LogP) is 2.40. The SMILES string of the molecule is CCNC1CN(OC(=O)c2cn(-c3cc(N)c(F)cc3F)c3nc(Cl)c(F)cc3c2=O)C1. The molecule has 0 unspecified atom stereocenters. The number of carbonyl (C=O) groups is 1. The first-order valence-corrected chi connectivity index (χ1v) is 9.94. The van der Waals surface area contributed by atoms with Crippen LogP contribution in [0.4, 0.5) is 18.9 Å². The average molecular weight is 468 g/mol. The Labute approximate surface area is 184 Å². The van der Waals surface area contributed by atoms with Gasteiger partial charge in [0, 0.05) is 18.3 Å². The maximum atomic E-state index is 14.6. The zero-order valence-corrected chi connectivity index (χ0v) is 17.4.